The Morgan fingerprint density at radius 3 is 2.59 bits per heavy atom. The van der Waals surface area contributed by atoms with E-state index in [1.807, 2.05) is 13.0 Å². The molecule has 1 aromatic rings. The third-order valence-electron chi connectivity index (χ3n) is 4.54. The van der Waals surface area contributed by atoms with Crippen LogP contribution in [0.3, 0.4) is 0 Å². The predicted octanol–water partition coefficient (Wildman–Crippen LogP) is 3.76. The van der Waals surface area contributed by atoms with Crippen molar-refractivity contribution in [2.24, 2.45) is 4.99 Å². The molecular weight excluding hydrogens is 344 g/mol. The number of nitrogens with one attached hydrogen (secondary N) is 2. The highest BCUT2D eigenvalue weighted by atomic mass is 16.5. The first kappa shape index (κ1) is 23.0. The van der Waals surface area contributed by atoms with Crippen molar-refractivity contribution in [2.45, 2.75) is 78.2 Å². The molecule has 0 saturated heterocycles. The molecule has 0 aliphatic rings. The van der Waals surface area contributed by atoms with Crippen LogP contribution in [-0.4, -0.2) is 37.3 Å². The summed E-state index contributed by atoms with van der Waals surface area (Å²) < 4.78 is 10.3. The summed E-state index contributed by atoms with van der Waals surface area (Å²) in [5, 5.41) is 10.7. The highest BCUT2D eigenvalue weighted by Gasteiger charge is 2.13. The minimum absolute atomic E-state index is 0.0972. The fraction of sp³-hybridized carbons (Fsp3) is 0.750. The Kier molecular flexibility index (Phi) is 12.0. The Labute approximate surface area is 163 Å². The molecule has 27 heavy (non-hydrogen) atoms. The van der Waals surface area contributed by atoms with E-state index < -0.39 is 0 Å². The molecule has 7 nitrogen and oxygen atoms in total. The minimum atomic E-state index is -0.0972. The van der Waals surface area contributed by atoms with Gasteiger partial charge in [0.1, 0.15) is 0 Å². The number of guanidine groups is 1. The van der Waals surface area contributed by atoms with E-state index in [1.165, 1.54) is 0 Å². The van der Waals surface area contributed by atoms with E-state index in [0.29, 0.717) is 25.5 Å². The second-order valence-corrected chi connectivity index (χ2v) is 6.55. The number of aliphatic imine (C=N–C) groups is 1. The number of ether oxygens (including phenoxy) is 1. The van der Waals surface area contributed by atoms with E-state index in [9.17, 15) is 4.79 Å². The van der Waals surface area contributed by atoms with Crippen LogP contribution < -0.4 is 10.6 Å². The van der Waals surface area contributed by atoms with Gasteiger partial charge in [-0.25, -0.2) is 0 Å². The lowest BCUT2D eigenvalue weighted by atomic mass is 9.99. The molecule has 0 spiro atoms. The number of unbranched alkanes of at least 4 members (excludes halogenated alkanes) is 3. The fourth-order valence-corrected chi connectivity index (χ4v) is 2.89. The molecule has 0 amide bonds. The maximum absolute atomic E-state index is 11.3. The van der Waals surface area contributed by atoms with Gasteiger partial charge in [-0.1, -0.05) is 31.8 Å². The van der Waals surface area contributed by atoms with Crippen molar-refractivity contribution in [3.05, 3.63) is 17.5 Å². The molecule has 0 saturated carbocycles. The van der Waals surface area contributed by atoms with Crippen LogP contribution >= 0.6 is 0 Å². The molecule has 2 N–H and O–H groups in total. The van der Waals surface area contributed by atoms with Crippen molar-refractivity contribution >= 4 is 11.9 Å². The SMILES string of the molecule is CCOC(=O)CCCCCCNC(=NC)NCc1cc(C(CC)CC)no1. The molecule has 1 aromatic heterocycles. The van der Waals surface area contributed by atoms with Gasteiger partial charge >= 0.3 is 5.97 Å². The second kappa shape index (κ2) is 14.1. The summed E-state index contributed by atoms with van der Waals surface area (Å²) in [6.07, 6.45) is 6.67. The molecule has 0 unspecified atom stereocenters. The van der Waals surface area contributed by atoms with Gasteiger partial charge < -0.3 is 19.9 Å². The fourth-order valence-electron chi connectivity index (χ4n) is 2.89. The van der Waals surface area contributed by atoms with E-state index >= 15 is 0 Å². The molecule has 0 radical (unpaired) electrons. The average Bonchev–Trinajstić information content (AvgIpc) is 3.13. The summed E-state index contributed by atoms with van der Waals surface area (Å²) in [7, 11) is 1.75. The Balaban J connectivity index is 2.17. The van der Waals surface area contributed by atoms with E-state index in [0.717, 1.165) is 62.5 Å². The molecule has 1 heterocycles. The normalized spacial score (nSPS) is 11.7. The summed E-state index contributed by atoms with van der Waals surface area (Å²) in [6, 6.07) is 2.03. The molecule has 0 aliphatic carbocycles. The Morgan fingerprint density at radius 2 is 1.93 bits per heavy atom. The van der Waals surface area contributed by atoms with Crippen molar-refractivity contribution in [2.75, 3.05) is 20.2 Å². The van der Waals surface area contributed by atoms with E-state index in [4.69, 9.17) is 9.26 Å². The third-order valence-corrected chi connectivity index (χ3v) is 4.54. The third kappa shape index (κ3) is 9.45. The quantitative estimate of drug-likeness (QED) is 0.234. The first-order chi connectivity index (χ1) is 13.1. The largest absolute Gasteiger partial charge is 0.466 e. The van der Waals surface area contributed by atoms with Crippen molar-refractivity contribution in [1.29, 1.82) is 0 Å². The van der Waals surface area contributed by atoms with Gasteiger partial charge in [-0.05, 0) is 32.6 Å². The molecule has 0 aliphatic heterocycles. The van der Waals surface area contributed by atoms with Gasteiger partial charge in [-0.3, -0.25) is 9.79 Å². The average molecular weight is 381 g/mol. The summed E-state index contributed by atoms with van der Waals surface area (Å²) in [6.45, 7) is 8.04. The van der Waals surface area contributed by atoms with Crippen LogP contribution in [0, 0.1) is 0 Å². The van der Waals surface area contributed by atoms with Crippen molar-refractivity contribution in [3.63, 3.8) is 0 Å². The summed E-state index contributed by atoms with van der Waals surface area (Å²) in [5.41, 5.74) is 1.03. The lowest BCUT2D eigenvalue weighted by Crippen LogP contribution is -2.37. The molecule has 1 rings (SSSR count). The number of aromatic nitrogens is 1. The van der Waals surface area contributed by atoms with Crippen molar-refractivity contribution < 1.29 is 14.1 Å². The monoisotopic (exact) mass is 380 g/mol. The van der Waals surface area contributed by atoms with Crippen molar-refractivity contribution in [1.82, 2.24) is 15.8 Å². The minimum Gasteiger partial charge on any atom is -0.466 e. The Hall–Kier alpha value is -2.05. The lowest BCUT2D eigenvalue weighted by molar-refractivity contribution is -0.143. The van der Waals surface area contributed by atoms with E-state index in [-0.39, 0.29) is 5.97 Å². The van der Waals surface area contributed by atoms with Gasteiger partial charge in [-0.2, -0.15) is 0 Å². The summed E-state index contributed by atoms with van der Waals surface area (Å²) >= 11 is 0. The van der Waals surface area contributed by atoms with Crippen LogP contribution in [0.25, 0.3) is 0 Å². The Bertz CT molecular complexity index is 553. The second-order valence-electron chi connectivity index (χ2n) is 6.55. The number of rotatable bonds is 13. The van der Waals surface area contributed by atoms with Crippen LogP contribution in [0.15, 0.2) is 15.6 Å². The van der Waals surface area contributed by atoms with Crippen LogP contribution in [0.2, 0.25) is 0 Å². The molecule has 0 bridgehead atoms. The number of esters is 1. The highest BCUT2D eigenvalue weighted by molar-refractivity contribution is 5.79. The number of hydrogen-bond donors (Lipinski definition) is 2. The standard InChI is InChI=1S/C20H36N4O3/c1-5-16(6-2)18-14-17(27-24-18)15-23-20(21-4)22-13-11-9-8-10-12-19(25)26-7-3/h14,16H,5-13,15H2,1-4H3,(H2,21,22,23). The molecule has 154 valence electrons. The number of carbonyl (C=O) groups is 1. The maximum atomic E-state index is 11.3. The zero-order valence-corrected chi connectivity index (χ0v) is 17.3. The van der Waals surface area contributed by atoms with Gasteiger partial charge in [0.05, 0.1) is 18.8 Å². The van der Waals surface area contributed by atoms with Gasteiger partial charge in [0.2, 0.25) is 0 Å². The van der Waals surface area contributed by atoms with Gasteiger partial charge in [0.25, 0.3) is 0 Å². The topological polar surface area (TPSA) is 88.8 Å². The number of nitrogens with zero attached hydrogens (tertiary/aromatic N) is 2. The lowest BCUT2D eigenvalue weighted by Gasteiger charge is -2.10. The summed E-state index contributed by atoms with van der Waals surface area (Å²) in [4.78, 5) is 15.5. The van der Waals surface area contributed by atoms with Crippen LogP contribution in [-0.2, 0) is 16.1 Å². The molecule has 0 fully saturated rings. The van der Waals surface area contributed by atoms with Crippen LogP contribution in [0.4, 0.5) is 0 Å². The zero-order chi connectivity index (χ0) is 19.9. The Morgan fingerprint density at radius 1 is 1.19 bits per heavy atom. The first-order valence-corrected chi connectivity index (χ1v) is 10.2. The van der Waals surface area contributed by atoms with Gasteiger partial charge in [-0.15, -0.1) is 0 Å². The summed E-state index contributed by atoms with van der Waals surface area (Å²) in [5.74, 6) is 1.93. The van der Waals surface area contributed by atoms with E-state index in [1.54, 1.807) is 7.05 Å². The van der Waals surface area contributed by atoms with E-state index in [2.05, 4.69) is 34.6 Å². The van der Waals surface area contributed by atoms with Gasteiger partial charge in [0, 0.05) is 32.0 Å². The van der Waals surface area contributed by atoms with Gasteiger partial charge in [0.15, 0.2) is 11.7 Å². The molecular formula is C20H36N4O3. The zero-order valence-electron chi connectivity index (χ0n) is 17.3. The molecule has 0 aromatic carbocycles. The maximum Gasteiger partial charge on any atom is 0.305 e. The number of carbonyl (C=O) groups excluding carboxylic acids is 1. The van der Waals surface area contributed by atoms with Crippen LogP contribution in [0.1, 0.15) is 83.1 Å². The van der Waals surface area contributed by atoms with Crippen molar-refractivity contribution in [3.8, 4) is 0 Å². The molecule has 0 atom stereocenters. The predicted molar refractivity (Wildman–Crippen MR) is 108 cm³/mol. The van der Waals surface area contributed by atoms with Crippen LogP contribution in [0.5, 0.6) is 0 Å². The highest BCUT2D eigenvalue weighted by Crippen LogP contribution is 2.22. The molecule has 7 heteroatoms. The number of hydrogen-bond acceptors (Lipinski definition) is 5. The first-order valence-electron chi connectivity index (χ1n) is 10.2. The smallest absolute Gasteiger partial charge is 0.305 e.